The van der Waals surface area contributed by atoms with Gasteiger partial charge in [-0.3, -0.25) is 9.59 Å². The molecule has 1 aliphatic rings. The third-order valence-corrected chi connectivity index (χ3v) is 4.65. The molecule has 1 saturated carbocycles. The molecule has 0 atom stereocenters. The molecule has 0 unspecified atom stereocenters. The zero-order chi connectivity index (χ0) is 15.7. The van der Waals surface area contributed by atoms with Crippen molar-refractivity contribution in [1.29, 1.82) is 0 Å². The lowest BCUT2D eigenvalue weighted by molar-refractivity contribution is -0.114. The number of nitrogens with zero attached hydrogens (tertiary/aromatic N) is 2. The van der Waals surface area contributed by atoms with Crippen molar-refractivity contribution in [3.05, 3.63) is 28.9 Å². The summed E-state index contributed by atoms with van der Waals surface area (Å²) in [5.41, 5.74) is 7.31. The number of primary amides is 1. The minimum atomic E-state index is -0.565. The van der Waals surface area contributed by atoms with Crippen LogP contribution in [0.25, 0.3) is 10.6 Å². The summed E-state index contributed by atoms with van der Waals surface area (Å²) in [6.07, 6.45) is 4.98. The molecular formula is C15H16N4O2S. The molecule has 0 spiro atoms. The molecule has 2 heterocycles. The van der Waals surface area contributed by atoms with E-state index in [0.29, 0.717) is 27.9 Å². The van der Waals surface area contributed by atoms with Gasteiger partial charge in [-0.05, 0) is 18.9 Å². The van der Waals surface area contributed by atoms with Crippen LogP contribution in [-0.2, 0) is 4.79 Å². The van der Waals surface area contributed by atoms with Crippen LogP contribution in [-0.4, -0.2) is 21.8 Å². The Morgan fingerprint density at radius 2 is 2.18 bits per heavy atom. The summed E-state index contributed by atoms with van der Waals surface area (Å²) in [6, 6.07) is 1.55. The van der Waals surface area contributed by atoms with Crippen molar-refractivity contribution in [2.45, 2.75) is 32.1 Å². The van der Waals surface area contributed by atoms with E-state index in [1.807, 2.05) is 5.38 Å². The summed E-state index contributed by atoms with van der Waals surface area (Å²) in [5.74, 6) is -0.00300. The van der Waals surface area contributed by atoms with Crippen LogP contribution in [0.2, 0.25) is 0 Å². The Morgan fingerprint density at radius 3 is 2.77 bits per heavy atom. The second kappa shape index (κ2) is 5.84. The number of nitrogens with one attached hydrogen (secondary N) is 1. The van der Waals surface area contributed by atoms with Gasteiger partial charge in [-0.1, -0.05) is 6.42 Å². The number of nitrogens with two attached hydrogens (primary N) is 1. The second-order valence-electron chi connectivity index (χ2n) is 5.33. The summed E-state index contributed by atoms with van der Waals surface area (Å²) in [5, 5.41) is 5.31. The van der Waals surface area contributed by atoms with Gasteiger partial charge in [0.05, 0.1) is 16.8 Å². The number of pyridine rings is 1. The van der Waals surface area contributed by atoms with Gasteiger partial charge in [0.25, 0.3) is 0 Å². The number of carbonyl (C=O) groups is 2. The van der Waals surface area contributed by atoms with E-state index >= 15 is 0 Å². The summed E-state index contributed by atoms with van der Waals surface area (Å²) in [6.45, 7) is 1.39. The first-order chi connectivity index (χ1) is 10.6. The number of thiazole rings is 1. The molecule has 3 rings (SSSR count). The third kappa shape index (κ3) is 2.71. The van der Waals surface area contributed by atoms with Crippen molar-refractivity contribution in [3.8, 4) is 10.6 Å². The van der Waals surface area contributed by atoms with E-state index < -0.39 is 5.91 Å². The van der Waals surface area contributed by atoms with Gasteiger partial charge < -0.3 is 11.1 Å². The average molecular weight is 316 g/mol. The van der Waals surface area contributed by atoms with Crippen LogP contribution in [0, 0.1) is 0 Å². The summed E-state index contributed by atoms with van der Waals surface area (Å²) in [7, 11) is 0. The molecule has 22 heavy (non-hydrogen) atoms. The molecule has 3 N–H and O–H groups in total. The highest BCUT2D eigenvalue weighted by atomic mass is 32.1. The van der Waals surface area contributed by atoms with Crippen LogP contribution < -0.4 is 11.1 Å². The van der Waals surface area contributed by atoms with Gasteiger partial charge in [0, 0.05) is 24.4 Å². The highest BCUT2D eigenvalue weighted by Gasteiger charge is 2.24. The average Bonchev–Trinajstić information content (AvgIpc) is 2.84. The van der Waals surface area contributed by atoms with Gasteiger partial charge in [0.2, 0.25) is 11.8 Å². The Balaban J connectivity index is 2.07. The number of aromatic nitrogens is 2. The number of amides is 2. The zero-order valence-corrected chi connectivity index (χ0v) is 12.9. The van der Waals surface area contributed by atoms with Crippen molar-refractivity contribution in [2.75, 3.05) is 5.32 Å². The van der Waals surface area contributed by atoms with Crippen LogP contribution in [0.4, 0.5) is 5.82 Å². The minimum Gasteiger partial charge on any atom is -0.366 e. The lowest BCUT2D eigenvalue weighted by Gasteiger charge is -2.23. The summed E-state index contributed by atoms with van der Waals surface area (Å²) in [4.78, 5) is 31.8. The van der Waals surface area contributed by atoms with Gasteiger partial charge in [0.1, 0.15) is 10.8 Å². The summed E-state index contributed by atoms with van der Waals surface area (Å²) >= 11 is 1.44. The van der Waals surface area contributed by atoms with Crippen molar-refractivity contribution in [1.82, 2.24) is 9.97 Å². The molecule has 0 aromatic carbocycles. The van der Waals surface area contributed by atoms with Crippen molar-refractivity contribution >= 4 is 29.0 Å². The maximum atomic E-state index is 11.7. The SMILES string of the molecule is CC(=O)Nc1nccc(C(N)=O)c1-c1nc(C2CCC2)cs1. The van der Waals surface area contributed by atoms with Crippen LogP contribution in [0.15, 0.2) is 17.6 Å². The molecule has 2 amide bonds. The molecule has 2 aromatic heterocycles. The van der Waals surface area contributed by atoms with Crippen LogP contribution >= 0.6 is 11.3 Å². The van der Waals surface area contributed by atoms with E-state index in [1.165, 1.54) is 30.9 Å². The number of hydrogen-bond acceptors (Lipinski definition) is 5. The van der Waals surface area contributed by atoms with E-state index in [9.17, 15) is 9.59 Å². The van der Waals surface area contributed by atoms with Gasteiger partial charge in [-0.2, -0.15) is 0 Å². The van der Waals surface area contributed by atoms with E-state index in [2.05, 4.69) is 15.3 Å². The predicted molar refractivity (Wildman–Crippen MR) is 84.8 cm³/mol. The number of rotatable bonds is 4. The highest BCUT2D eigenvalue weighted by molar-refractivity contribution is 7.13. The van der Waals surface area contributed by atoms with Crippen LogP contribution in [0.5, 0.6) is 0 Å². The quantitative estimate of drug-likeness (QED) is 0.905. The number of anilines is 1. The minimum absolute atomic E-state index is 0.258. The molecule has 1 aliphatic carbocycles. The second-order valence-corrected chi connectivity index (χ2v) is 6.19. The van der Waals surface area contributed by atoms with Crippen molar-refractivity contribution < 1.29 is 9.59 Å². The summed E-state index contributed by atoms with van der Waals surface area (Å²) < 4.78 is 0. The molecule has 0 bridgehead atoms. The Hall–Kier alpha value is -2.28. The maximum absolute atomic E-state index is 11.7. The standard InChI is InChI=1S/C15H16N4O2S/c1-8(20)18-14-12(10(13(16)21)5-6-17-14)15-19-11(7-22-15)9-3-2-4-9/h5-7,9H,2-4H2,1H3,(H2,16,21)(H,17,18,20). The van der Waals surface area contributed by atoms with Gasteiger partial charge in [-0.15, -0.1) is 11.3 Å². The Kier molecular flexibility index (Phi) is 3.89. The third-order valence-electron chi connectivity index (χ3n) is 3.77. The van der Waals surface area contributed by atoms with E-state index in [-0.39, 0.29) is 5.91 Å². The monoisotopic (exact) mass is 316 g/mol. The molecule has 1 fully saturated rings. The molecule has 114 valence electrons. The zero-order valence-electron chi connectivity index (χ0n) is 12.1. The molecule has 6 nitrogen and oxygen atoms in total. The molecular weight excluding hydrogens is 300 g/mol. The first kappa shape index (κ1) is 14.6. The first-order valence-corrected chi connectivity index (χ1v) is 7.96. The Bertz CT molecular complexity index is 737. The first-order valence-electron chi connectivity index (χ1n) is 7.08. The fourth-order valence-corrected chi connectivity index (χ4v) is 3.40. The Morgan fingerprint density at radius 1 is 1.41 bits per heavy atom. The maximum Gasteiger partial charge on any atom is 0.249 e. The van der Waals surface area contributed by atoms with Gasteiger partial charge in [0.15, 0.2) is 0 Å². The normalized spacial score (nSPS) is 14.4. The largest absolute Gasteiger partial charge is 0.366 e. The fourth-order valence-electron chi connectivity index (χ4n) is 2.44. The van der Waals surface area contributed by atoms with E-state index in [1.54, 1.807) is 6.07 Å². The molecule has 0 aliphatic heterocycles. The number of hydrogen-bond donors (Lipinski definition) is 2. The fraction of sp³-hybridized carbons (Fsp3) is 0.333. The highest BCUT2D eigenvalue weighted by Crippen LogP contribution is 2.40. The smallest absolute Gasteiger partial charge is 0.249 e. The van der Waals surface area contributed by atoms with E-state index in [4.69, 9.17) is 5.73 Å². The molecule has 7 heteroatoms. The lowest BCUT2D eigenvalue weighted by atomic mass is 9.83. The van der Waals surface area contributed by atoms with Crippen LogP contribution in [0.1, 0.15) is 48.2 Å². The van der Waals surface area contributed by atoms with Gasteiger partial charge in [-0.25, -0.2) is 9.97 Å². The molecule has 0 radical (unpaired) electrons. The predicted octanol–water partition coefficient (Wildman–Crippen LogP) is 2.53. The van der Waals surface area contributed by atoms with Gasteiger partial charge >= 0.3 is 0 Å². The lowest BCUT2D eigenvalue weighted by Crippen LogP contribution is -2.16. The van der Waals surface area contributed by atoms with Crippen molar-refractivity contribution in [2.24, 2.45) is 5.73 Å². The van der Waals surface area contributed by atoms with Crippen molar-refractivity contribution in [3.63, 3.8) is 0 Å². The Labute approximate surface area is 131 Å². The molecule has 0 saturated heterocycles. The van der Waals surface area contributed by atoms with Crippen LogP contribution in [0.3, 0.4) is 0 Å². The topological polar surface area (TPSA) is 98.0 Å². The number of carbonyl (C=O) groups excluding carboxylic acids is 2. The van der Waals surface area contributed by atoms with E-state index in [0.717, 1.165) is 18.5 Å². The molecule has 2 aromatic rings.